The Balaban J connectivity index is 2.12. The summed E-state index contributed by atoms with van der Waals surface area (Å²) in [6.07, 6.45) is 2.09. The van der Waals surface area contributed by atoms with Crippen molar-refractivity contribution in [2.75, 3.05) is 19.6 Å². The van der Waals surface area contributed by atoms with Crippen LogP contribution in [0.25, 0.3) is 0 Å². The second-order valence-corrected chi connectivity index (χ2v) is 8.07. The van der Waals surface area contributed by atoms with Crippen LogP contribution in [0.2, 0.25) is 0 Å². The van der Waals surface area contributed by atoms with E-state index in [1.807, 2.05) is 13.0 Å². The van der Waals surface area contributed by atoms with Crippen LogP contribution >= 0.6 is 11.3 Å². The first kappa shape index (κ1) is 15.0. The van der Waals surface area contributed by atoms with Gasteiger partial charge in [-0.3, -0.25) is 0 Å². The minimum atomic E-state index is -3.28. The Hall–Kier alpha value is -0.430. The second-order valence-electron chi connectivity index (χ2n) is 5.14. The van der Waals surface area contributed by atoms with Gasteiger partial charge in [0, 0.05) is 29.9 Å². The normalized spacial score (nSPS) is 21.7. The lowest BCUT2D eigenvalue weighted by Crippen LogP contribution is -2.38. The molecule has 0 saturated carbocycles. The molecule has 0 aromatic carbocycles. The van der Waals surface area contributed by atoms with Gasteiger partial charge in [0.15, 0.2) is 0 Å². The molecule has 0 bridgehead atoms. The molecule has 1 fully saturated rings. The molecule has 0 radical (unpaired) electrons. The third-order valence-electron chi connectivity index (χ3n) is 3.44. The highest BCUT2D eigenvalue weighted by atomic mass is 32.2. The summed E-state index contributed by atoms with van der Waals surface area (Å²) in [6.45, 7) is 7.11. The highest BCUT2D eigenvalue weighted by molar-refractivity contribution is 7.89. The largest absolute Gasteiger partial charge is 0.312 e. The number of hydrogen-bond acceptors (Lipinski definition) is 4. The van der Waals surface area contributed by atoms with Gasteiger partial charge in [-0.2, -0.15) is 4.31 Å². The monoisotopic (exact) mass is 302 g/mol. The Labute approximate surface area is 119 Å². The standard InChI is InChI=1S/C13H22N2O2S2/c1-3-14-8-12-7-13(10-18-12)19(16,17)15-6-4-5-11(2)9-15/h7,10-11,14H,3-6,8-9H2,1-2H3. The van der Waals surface area contributed by atoms with Gasteiger partial charge in [0.1, 0.15) is 0 Å². The van der Waals surface area contributed by atoms with E-state index in [0.717, 1.165) is 30.8 Å². The zero-order chi connectivity index (χ0) is 13.9. The zero-order valence-electron chi connectivity index (χ0n) is 11.6. The van der Waals surface area contributed by atoms with E-state index in [1.54, 1.807) is 9.69 Å². The second kappa shape index (κ2) is 6.35. The number of hydrogen-bond donors (Lipinski definition) is 1. The molecule has 2 rings (SSSR count). The maximum absolute atomic E-state index is 12.5. The van der Waals surface area contributed by atoms with Crippen LogP contribution in [-0.4, -0.2) is 32.4 Å². The molecule has 19 heavy (non-hydrogen) atoms. The average molecular weight is 302 g/mol. The van der Waals surface area contributed by atoms with E-state index in [1.165, 1.54) is 11.3 Å². The lowest BCUT2D eigenvalue weighted by molar-refractivity contribution is 0.281. The Morgan fingerprint density at radius 1 is 1.53 bits per heavy atom. The topological polar surface area (TPSA) is 49.4 Å². The average Bonchev–Trinajstić information content (AvgIpc) is 2.86. The van der Waals surface area contributed by atoms with Crippen LogP contribution in [0.5, 0.6) is 0 Å². The van der Waals surface area contributed by atoms with Gasteiger partial charge >= 0.3 is 0 Å². The highest BCUT2D eigenvalue weighted by Gasteiger charge is 2.29. The summed E-state index contributed by atoms with van der Waals surface area (Å²) in [5.41, 5.74) is 0. The van der Waals surface area contributed by atoms with E-state index in [4.69, 9.17) is 0 Å². The minimum absolute atomic E-state index is 0.458. The van der Waals surface area contributed by atoms with Gasteiger partial charge in [0.25, 0.3) is 0 Å². The van der Waals surface area contributed by atoms with Gasteiger partial charge < -0.3 is 5.32 Å². The molecular weight excluding hydrogens is 280 g/mol. The molecule has 2 heterocycles. The molecule has 0 spiro atoms. The van der Waals surface area contributed by atoms with Crippen molar-refractivity contribution >= 4 is 21.4 Å². The van der Waals surface area contributed by atoms with Gasteiger partial charge in [-0.15, -0.1) is 11.3 Å². The molecule has 0 aliphatic carbocycles. The Morgan fingerprint density at radius 2 is 2.32 bits per heavy atom. The Morgan fingerprint density at radius 3 is 3.00 bits per heavy atom. The van der Waals surface area contributed by atoms with Crippen molar-refractivity contribution in [1.29, 1.82) is 0 Å². The van der Waals surface area contributed by atoms with Crippen molar-refractivity contribution < 1.29 is 8.42 Å². The first-order chi connectivity index (χ1) is 9.04. The third-order valence-corrected chi connectivity index (χ3v) is 6.37. The minimum Gasteiger partial charge on any atom is -0.312 e. The van der Waals surface area contributed by atoms with E-state index >= 15 is 0 Å². The SMILES string of the molecule is CCNCc1cc(S(=O)(=O)N2CCCC(C)C2)cs1. The van der Waals surface area contributed by atoms with E-state index < -0.39 is 10.0 Å². The van der Waals surface area contributed by atoms with Crippen molar-refractivity contribution in [1.82, 2.24) is 9.62 Å². The van der Waals surface area contributed by atoms with E-state index in [-0.39, 0.29) is 0 Å². The summed E-state index contributed by atoms with van der Waals surface area (Å²) >= 11 is 1.51. The molecule has 1 aromatic heterocycles. The van der Waals surface area contributed by atoms with Crippen molar-refractivity contribution in [3.8, 4) is 0 Å². The molecule has 1 unspecified atom stereocenters. The fraction of sp³-hybridized carbons (Fsp3) is 0.692. The molecule has 0 amide bonds. The lowest BCUT2D eigenvalue weighted by atomic mass is 10.0. The Bertz CT molecular complexity index is 510. The molecule has 6 heteroatoms. The van der Waals surface area contributed by atoms with Crippen LogP contribution in [0.3, 0.4) is 0 Å². The number of nitrogens with one attached hydrogen (secondary N) is 1. The van der Waals surface area contributed by atoms with E-state index in [9.17, 15) is 8.42 Å². The fourth-order valence-corrected chi connectivity index (χ4v) is 5.18. The summed E-state index contributed by atoms with van der Waals surface area (Å²) in [4.78, 5) is 1.53. The van der Waals surface area contributed by atoms with Crippen LogP contribution in [0.15, 0.2) is 16.3 Å². The molecule has 1 N–H and O–H groups in total. The molecular formula is C13H22N2O2S2. The van der Waals surface area contributed by atoms with Gasteiger partial charge in [0.2, 0.25) is 10.0 Å². The predicted molar refractivity (Wildman–Crippen MR) is 78.9 cm³/mol. The van der Waals surface area contributed by atoms with Crippen LogP contribution in [0.4, 0.5) is 0 Å². The summed E-state index contributed by atoms with van der Waals surface area (Å²) in [6, 6.07) is 1.81. The third kappa shape index (κ3) is 3.56. The maximum Gasteiger partial charge on any atom is 0.243 e. The van der Waals surface area contributed by atoms with E-state index in [2.05, 4.69) is 12.2 Å². The number of rotatable bonds is 5. The van der Waals surface area contributed by atoms with Crippen LogP contribution in [0, 0.1) is 5.92 Å². The summed E-state index contributed by atoms with van der Waals surface area (Å²) in [5, 5.41) is 4.98. The lowest BCUT2D eigenvalue weighted by Gasteiger charge is -2.29. The van der Waals surface area contributed by atoms with Crippen LogP contribution in [0.1, 0.15) is 31.6 Å². The quantitative estimate of drug-likeness (QED) is 0.908. The molecule has 1 aliphatic rings. The van der Waals surface area contributed by atoms with Gasteiger partial charge in [-0.1, -0.05) is 13.8 Å². The summed E-state index contributed by atoms with van der Waals surface area (Å²) < 4.78 is 26.7. The van der Waals surface area contributed by atoms with Gasteiger partial charge in [-0.05, 0) is 31.4 Å². The number of sulfonamides is 1. The number of thiophene rings is 1. The molecule has 108 valence electrons. The smallest absolute Gasteiger partial charge is 0.243 e. The van der Waals surface area contributed by atoms with Crippen molar-refractivity contribution in [2.24, 2.45) is 5.92 Å². The Kier molecular flexibility index (Phi) is 5.00. The summed E-state index contributed by atoms with van der Waals surface area (Å²) in [5.74, 6) is 0.461. The molecule has 4 nitrogen and oxygen atoms in total. The highest BCUT2D eigenvalue weighted by Crippen LogP contribution is 2.26. The molecule has 1 atom stereocenters. The van der Waals surface area contributed by atoms with Gasteiger partial charge in [0.05, 0.1) is 4.90 Å². The van der Waals surface area contributed by atoms with Crippen molar-refractivity contribution in [2.45, 2.75) is 38.1 Å². The molecule has 1 aromatic rings. The molecule has 1 saturated heterocycles. The first-order valence-electron chi connectivity index (χ1n) is 6.82. The van der Waals surface area contributed by atoms with Crippen LogP contribution in [-0.2, 0) is 16.6 Å². The summed E-state index contributed by atoms with van der Waals surface area (Å²) in [7, 11) is -3.28. The number of piperidine rings is 1. The fourth-order valence-electron chi connectivity index (χ4n) is 2.35. The zero-order valence-corrected chi connectivity index (χ0v) is 13.2. The first-order valence-corrected chi connectivity index (χ1v) is 9.14. The van der Waals surface area contributed by atoms with E-state index in [0.29, 0.717) is 23.9 Å². The number of nitrogens with zero attached hydrogens (tertiary/aromatic N) is 1. The molecule has 1 aliphatic heterocycles. The van der Waals surface area contributed by atoms with Crippen LogP contribution < -0.4 is 5.32 Å². The van der Waals surface area contributed by atoms with Gasteiger partial charge in [-0.25, -0.2) is 8.42 Å². The van der Waals surface area contributed by atoms with Crippen molar-refractivity contribution in [3.63, 3.8) is 0 Å². The van der Waals surface area contributed by atoms with Crippen molar-refractivity contribution in [3.05, 3.63) is 16.3 Å². The maximum atomic E-state index is 12.5. The predicted octanol–water partition coefficient (Wildman–Crippen LogP) is 2.28.